The first-order valence-electron chi connectivity index (χ1n) is 10.1. The molecule has 0 bridgehead atoms. The normalized spacial score (nSPS) is 13.8. The molecule has 0 saturated heterocycles. The van der Waals surface area contributed by atoms with Crippen molar-refractivity contribution in [2.45, 2.75) is 32.6 Å². The summed E-state index contributed by atoms with van der Waals surface area (Å²) in [6, 6.07) is 14.0. The molecular formula is C24H24BrFNNaO3. The minimum atomic E-state index is -1.29. The van der Waals surface area contributed by atoms with Crippen molar-refractivity contribution in [3.05, 3.63) is 70.1 Å². The van der Waals surface area contributed by atoms with Crippen molar-refractivity contribution in [2.75, 3.05) is 6.61 Å². The molecule has 0 unspecified atom stereocenters. The number of aromatic nitrogens is 1. The van der Waals surface area contributed by atoms with E-state index in [4.69, 9.17) is 4.74 Å². The maximum absolute atomic E-state index is 13.9. The maximum atomic E-state index is 13.9. The molecule has 1 heterocycles. The number of aromatic carboxylic acids is 1. The van der Waals surface area contributed by atoms with Gasteiger partial charge >= 0.3 is 35.5 Å². The number of rotatable bonds is 6. The van der Waals surface area contributed by atoms with Gasteiger partial charge < -0.3 is 14.4 Å². The van der Waals surface area contributed by atoms with Gasteiger partial charge in [0.1, 0.15) is 11.6 Å². The predicted octanol–water partition coefficient (Wildman–Crippen LogP) is 5.97. The van der Waals surface area contributed by atoms with E-state index in [-0.39, 0.29) is 35.1 Å². The van der Waals surface area contributed by atoms with Crippen molar-refractivity contribution in [2.24, 2.45) is 5.92 Å². The first-order chi connectivity index (χ1) is 14.4. The Labute approximate surface area is 211 Å². The number of halogens is 2. The van der Waals surface area contributed by atoms with Crippen LogP contribution < -0.4 is 4.74 Å². The van der Waals surface area contributed by atoms with E-state index in [0.717, 1.165) is 27.2 Å². The van der Waals surface area contributed by atoms with Gasteiger partial charge in [0.25, 0.3) is 0 Å². The number of carboxylic acid groups (broad SMARTS) is 1. The monoisotopic (exact) mass is 495 g/mol. The molecule has 1 aromatic heterocycles. The summed E-state index contributed by atoms with van der Waals surface area (Å²) in [6.45, 7) is 2.62. The molecular weight excluding hydrogens is 472 g/mol. The van der Waals surface area contributed by atoms with Crippen LogP contribution in [0.25, 0.3) is 16.9 Å². The third-order valence-corrected chi connectivity index (χ3v) is 6.17. The first kappa shape index (κ1) is 24.1. The number of hydrogen-bond donors (Lipinski definition) is 1. The van der Waals surface area contributed by atoms with E-state index in [0.29, 0.717) is 18.2 Å². The van der Waals surface area contributed by atoms with Crippen LogP contribution in [0.15, 0.2) is 53.0 Å². The van der Waals surface area contributed by atoms with Crippen LogP contribution >= 0.6 is 15.9 Å². The van der Waals surface area contributed by atoms with Gasteiger partial charge in [-0.25, -0.2) is 9.18 Å². The summed E-state index contributed by atoms with van der Waals surface area (Å²) in [5.41, 5.74) is 2.91. The molecule has 3 aromatic rings. The van der Waals surface area contributed by atoms with Gasteiger partial charge in [0, 0.05) is 21.4 Å². The molecule has 0 atom stereocenters. The van der Waals surface area contributed by atoms with E-state index in [1.807, 2.05) is 41.8 Å². The van der Waals surface area contributed by atoms with Gasteiger partial charge in [0.05, 0.1) is 17.9 Å². The summed E-state index contributed by atoms with van der Waals surface area (Å²) in [5.74, 6) is -0.667. The van der Waals surface area contributed by atoms with Gasteiger partial charge in [-0.2, -0.15) is 0 Å². The molecule has 1 fully saturated rings. The number of carboxylic acids is 1. The average molecular weight is 496 g/mol. The first-order valence-corrected chi connectivity index (χ1v) is 10.9. The molecule has 31 heavy (non-hydrogen) atoms. The zero-order valence-corrected chi connectivity index (χ0v) is 18.3. The van der Waals surface area contributed by atoms with Crippen molar-refractivity contribution in [3.8, 4) is 22.7 Å². The minimum absolute atomic E-state index is 0. The second-order valence-electron chi connectivity index (χ2n) is 7.77. The number of benzene rings is 2. The van der Waals surface area contributed by atoms with Crippen LogP contribution in [0.4, 0.5) is 4.39 Å². The topological polar surface area (TPSA) is 51.5 Å². The molecule has 0 amide bonds. The Morgan fingerprint density at radius 1 is 1.16 bits per heavy atom. The Balaban J connectivity index is 0.00000272. The zero-order chi connectivity index (χ0) is 21.3. The molecule has 0 radical (unpaired) electrons. The molecule has 0 aliphatic heterocycles. The Kier molecular flexibility index (Phi) is 8.03. The number of carbonyl (C=O) groups is 1. The van der Waals surface area contributed by atoms with Crippen molar-refractivity contribution in [1.29, 1.82) is 0 Å². The Bertz CT molecular complexity index is 1090. The fourth-order valence-corrected chi connectivity index (χ4v) is 4.48. The fourth-order valence-electron chi connectivity index (χ4n) is 4.12. The number of hydrogen-bond acceptors (Lipinski definition) is 2. The Morgan fingerprint density at radius 2 is 1.90 bits per heavy atom. The standard InChI is InChI=1S/C24H23BrFNO3.Na.H/c1-15-6-10-22(27(15)18-8-9-21(26)19(13-18)24(28)29)20-12-17(25)7-11-23(20)30-14-16-4-2-3-5-16;;/h6-13,16H,2-5,14H2,1H3,(H,28,29);;. The summed E-state index contributed by atoms with van der Waals surface area (Å²) in [7, 11) is 0. The molecule has 1 aliphatic carbocycles. The van der Waals surface area contributed by atoms with E-state index < -0.39 is 11.8 Å². The second kappa shape index (κ2) is 10.3. The quantitative estimate of drug-likeness (QED) is 0.428. The second-order valence-corrected chi connectivity index (χ2v) is 8.68. The van der Waals surface area contributed by atoms with Crippen LogP contribution in [0.3, 0.4) is 0 Å². The molecule has 7 heteroatoms. The molecule has 1 N–H and O–H groups in total. The molecule has 4 rings (SSSR count). The van der Waals surface area contributed by atoms with Crippen molar-refractivity contribution in [1.82, 2.24) is 4.57 Å². The van der Waals surface area contributed by atoms with Gasteiger partial charge in [-0.1, -0.05) is 28.8 Å². The van der Waals surface area contributed by atoms with Crippen molar-refractivity contribution >= 4 is 51.5 Å². The Hall–Kier alpha value is -1.60. The van der Waals surface area contributed by atoms with Gasteiger partial charge in [-0.15, -0.1) is 0 Å². The summed E-state index contributed by atoms with van der Waals surface area (Å²) in [5, 5.41) is 9.32. The molecule has 2 aromatic carbocycles. The van der Waals surface area contributed by atoms with Crippen LogP contribution in [0, 0.1) is 18.7 Å². The van der Waals surface area contributed by atoms with Crippen LogP contribution in [-0.4, -0.2) is 51.8 Å². The average Bonchev–Trinajstić information content (AvgIpc) is 3.37. The van der Waals surface area contributed by atoms with Gasteiger partial charge in [0.15, 0.2) is 0 Å². The summed E-state index contributed by atoms with van der Waals surface area (Å²) >= 11 is 3.55. The fraction of sp³-hybridized carbons (Fsp3) is 0.292. The van der Waals surface area contributed by atoms with E-state index in [1.165, 1.54) is 37.8 Å². The molecule has 158 valence electrons. The van der Waals surface area contributed by atoms with Crippen LogP contribution in [-0.2, 0) is 0 Å². The molecule has 0 spiro atoms. The van der Waals surface area contributed by atoms with Crippen molar-refractivity contribution in [3.63, 3.8) is 0 Å². The van der Waals surface area contributed by atoms with Gasteiger partial charge in [0.2, 0.25) is 0 Å². The van der Waals surface area contributed by atoms with Crippen LogP contribution in [0.1, 0.15) is 41.7 Å². The van der Waals surface area contributed by atoms with Gasteiger partial charge in [-0.3, -0.25) is 0 Å². The van der Waals surface area contributed by atoms with E-state index in [9.17, 15) is 14.3 Å². The number of ether oxygens (including phenoxy) is 1. The van der Waals surface area contributed by atoms with Crippen LogP contribution in [0.2, 0.25) is 0 Å². The summed E-state index contributed by atoms with van der Waals surface area (Å²) in [4.78, 5) is 11.4. The summed E-state index contributed by atoms with van der Waals surface area (Å²) < 4.78 is 23.0. The Morgan fingerprint density at radius 3 is 2.61 bits per heavy atom. The van der Waals surface area contributed by atoms with E-state index in [1.54, 1.807) is 6.07 Å². The zero-order valence-electron chi connectivity index (χ0n) is 16.7. The van der Waals surface area contributed by atoms with Gasteiger partial charge in [-0.05, 0) is 74.2 Å². The molecule has 1 saturated carbocycles. The molecule has 4 nitrogen and oxygen atoms in total. The predicted molar refractivity (Wildman–Crippen MR) is 125 cm³/mol. The molecule has 1 aliphatic rings. The van der Waals surface area contributed by atoms with Crippen molar-refractivity contribution < 1.29 is 19.0 Å². The SMILES string of the molecule is Cc1ccc(-c2cc(Br)ccc2OCC2CCCC2)n1-c1ccc(F)c(C(=O)O)c1.[NaH]. The van der Waals surface area contributed by atoms with E-state index in [2.05, 4.69) is 15.9 Å². The third-order valence-electron chi connectivity index (χ3n) is 5.68. The summed E-state index contributed by atoms with van der Waals surface area (Å²) in [6.07, 6.45) is 4.93. The van der Waals surface area contributed by atoms with Crippen LogP contribution in [0.5, 0.6) is 5.75 Å². The number of nitrogens with zero attached hydrogens (tertiary/aromatic N) is 1. The number of aryl methyl sites for hydroxylation is 1. The third kappa shape index (κ3) is 5.25. The van der Waals surface area contributed by atoms with E-state index >= 15 is 0 Å².